The Morgan fingerprint density at radius 2 is 1.07 bits per heavy atom. The first-order valence-electron chi connectivity index (χ1n) is 20.2. The molecule has 2 heterocycles. The molecule has 2 nitrogen and oxygen atoms in total. The molecule has 0 radical (unpaired) electrons. The Balaban J connectivity index is 1.44. The fourth-order valence-corrected chi connectivity index (χ4v) is 9.66. The van der Waals surface area contributed by atoms with E-state index in [-0.39, 0.29) is 10.8 Å². The lowest BCUT2D eigenvalue weighted by Crippen LogP contribution is -2.41. The molecule has 0 amide bonds. The average molecular weight is 730 g/mol. The zero-order valence-corrected chi connectivity index (χ0v) is 34.7. The first-order valence-corrected chi connectivity index (χ1v) is 20.2. The highest BCUT2D eigenvalue weighted by Gasteiger charge is 2.56. The minimum Gasteiger partial charge on any atom is -0.304 e. The van der Waals surface area contributed by atoms with Crippen molar-refractivity contribution >= 4 is 11.8 Å². The summed E-state index contributed by atoms with van der Waals surface area (Å²) in [5.74, 6) is 0. The van der Waals surface area contributed by atoms with Gasteiger partial charge in [0.05, 0.1) is 5.69 Å². The largest absolute Gasteiger partial charge is 0.304 e. The molecule has 6 aromatic carbocycles. The van der Waals surface area contributed by atoms with Gasteiger partial charge in [-0.1, -0.05) is 161 Å². The normalized spacial score (nSPS) is 15.9. The Labute approximate surface area is 333 Å². The summed E-state index contributed by atoms with van der Waals surface area (Å²) in [5, 5.41) is 2.42. The first kappa shape index (κ1) is 35.9. The smallest absolute Gasteiger partial charge is 0.242 e. The second-order valence-electron chi connectivity index (χ2n) is 18.4. The van der Waals surface area contributed by atoms with Crippen LogP contribution in [-0.2, 0) is 16.4 Å². The van der Waals surface area contributed by atoms with Gasteiger partial charge in [0.2, 0.25) is 16.6 Å². The van der Waals surface area contributed by atoms with Crippen LogP contribution in [0.1, 0.15) is 86.1 Å². The SMILES string of the molecule is Cc1cc(C)cc(-c2ccccc2-c2cc3c(n2-c2ccc(C(C)(C)C)cc2)=CC2(c4ccccc4-c4cc(C)cc(C)c42)[N+]=3c2ccc(C(C)(C)C)cc2)c1. The van der Waals surface area contributed by atoms with Gasteiger partial charge in [0, 0.05) is 46.7 Å². The Hall–Kier alpha value is -5.73. The van der Waals surface area contributed by atoms with Gasteiger partial charge >= 0.3 is 0 Å². The lowest BCUT2D eigenvalue weighted by atomic mass is 9.83. The van der Waals surface area contributed by atoms with E-state index in [2.05, 4.69) is 218 Å². The van der Waals surface area contributed by atoms with Crippen LogP contribution in [-0.4, -0.2) is 4.57 Å². The molecule has 1 unspecified atom stereocenters. The van der Waals surface area contributed by atoms with Crippen LogP contribution in [0.25, 0.3) is 45.3 Å². The van der Waals surface area contributed by atoms with Gasteiger partial charge < -0.3 is 4.57 Å². The second kappa shape index (κ2) is 12.6. The van der Waals surface area contributed by atoms with Crippen LogP contribution in [0.4, 0.5) is 5.69 Å². The van der Waals surface area contributed by atoms with Crippen molar-refractivity contribution in [1.82, 2.24) is 9.14 Å². The molecular formula is C54H53N2+. The highest BCUT2D eigenvalue weighted by atomic mass is 15.1. The van der Waals surface area contributed by atoms with E-state index >= 15 is 0 Å². The van der Waals surface area contributed by atoms with Crippen LogP contribution in [0.15, 0.2) is 133 Å². The molecule has 1 spiro atoms. The number of aryl methyl sites for hydroxylation is 4. The summed E-state index contributed by atoms with van der Waals surface area (Å²) in [4.78, 5) is 0. The molecule has 0 saturated carbocycles. The Morgan fingerprint density at radius 1 is 0.518 bits per heavy atom. The fraction of sp³-hybridized carbons (Fsp3) is 0.241. The van der Waals surface area contributed by atoms with Crippen LogP contribution in [0.3, 0.4) is 0 Å². The third-order valence-corrected chi connectivity index (χ3v) is 12.2. The second-order valence-corrected chi connectivity index (χ2v) is 18.4. The van der Waals surface area contributed by atoms with E-state index in [9.17, 15) is 0 Å². The maximum Gasteiger partial charge on any atom is 0.242 e. The lowest BCUT2D eigenvalue weighted by molar-refractivity contribution is 0.547. The van der Waals surface area contributed by atoms with Crippen LogP contribution in [0.2, 0.25) is 0 Å². The molecular weight excluding hydrogens is 677 g/mol. The van der Waals surface area contributed by atoms with Crippen LogP contribution >= 0.6 is 0 Å². The van der Waals surface area contributed by atoms with Crippen molar-refractivity contribution in [2.45, 2.75) is 85.6 Å². The van der Waals surface area contributed by atoms with E-state index in [1.807, 2.05) is 0 Å². The van der Waals surface area contributed by atoms with Gasteiger partial charge in [0.25, 0.3) is 0 Å². The summed E-state index contributed by atoms with van der Waals surface area (Å²) in [5.41, 5.74) is 19.9. The van der Waals surface area contributed by atoms with Crippen molar-refractivity contribution < 1.29 is 0 Å². The maximum atomic E-state index is 2.66. The molecule has 1 aromatic heterocycles. The summed E-state index contributed by atoms with van der Waals surface area (Å²) in [6, 6.07) is 50.9. The molecule has 278 valence electrons. The number of aromatic nitrogens is 1. The molecule has 2 heteroatoms. The van der Waals surface area contributed by atoms with E-state index in [1.54, 1.807) is 0 Å². The summed E-state index contributed by atoms with van der Waals surface area (Å²) < 4.78 is 5.20. The number of nitrogens with zero attached hydrogens (tertiary/aromatic N) is 2. The summed E-state index contributed by atoms with van der Waals surface area (Å²) in [6.45, 7) is 22.7. The highest BCUT2D eigenvalue weighted by Crippen LogP contribution is 2.53. The molecule has 0 N–H and O–H groups in total. The highest BCUT2D eigenvalue weighted by molar-refractivity contribution is 5.89. The van der Waals surface area contributed by atoms with Gasteiger partial charge in [0.15, 0.2) is 0 Å². The molecule has 1 aliphatic heterocycles. The lowest BCUT2D eigenvalue weighted by Gasteiger charge is -2.26. The summed E-state index contributed by atoms with van der Waals surface area (Å²) in [7, 11) is 0. The van der Waals surface area contributed by atoms with Crippen LogP contribution < -0.4 is 15.3 Å². The Morgan fingerprint density at radius 3 is 1.70 bits per heavy atom. The van der Waals surface area contributed by atoms with Gasteiger partial charge in [-0.15, -0.1) is 0 Å². The zero-order valence-electron chi connectivity index (χ0n) is 34.7. The molecule has 0 fully saturated rings. The summed E-state index contributed by atoms with van der Waals surface area (Å²) >= 11 is 0. The van der Waals surface area contributed by atoms with E-state index < -0.39 is 5.54 Å². The van der Waals surface area contributed by atoms with Crippen molar-refractivity contribution in [2.24, 2.45) is 0 Å². The molecule has 56 heavy (non-hydrogen) atoms. The minimum atomic E-state index is -0.545. The molecule has 1 atom stereocenters. The average Bonchev–Trinajstić information content (AvgIpc) is 3.76. The number of hydrogen-bond donors (Lipinski definition) is 0. The number of benzene rings is 6. The topological polar surface area (TPSA) is 7.94 Å². The van der Waals surface area contributed by atoms with Crippen molar-refractivity contribution in [3.05, 3.63) is 189 Å². The Bertz CT molecular complexity index is 2810. The molecule has 0 bridgehead atoms. The number of fused-ring (bicyclic) bond motifs is 6. The third-order valence-electron chi connectivity index (χ3n) is 12.2. The van der Waals surface area contributed by atoms with Crippen molar-refractivity contribution in [3.63, 3.8) is 0 Å². The third kappa shape index (κ3) is 5.56. The van der Waals surface area contributed by atoms with Crippen molar-refractivity contribution in [1.29, 1.82) is 0 Å². The molecule has 2 aliphatic rings. The molecule has 0 saturated heterocycles. The standard InChI is InChI=1S/C54H53N2/c1-34-27-35(2)30-38(29-34)43-15-11-12-17-45(43)48-32-49-50(55(48)41-23-19-39(20-24-41)52(5,6)7)33-54(56(49)42-25-21-40(22-26-42)53(8,9)10)47-18-14-13-16-44(47)46-31-36(3)28-37(4)51(46)54/h11-33H,1-10H3/q+1. The van der Waals surface area contributed by atoms with Gasteiger partial charge in [-0.2, -0.15) is 4.58 Å². The van der Waals surface area contributed by atoms with Gasteiger partial charge in [0.1, 0.15) is 5.35 Å². The number of hydrogen-bond acceptors (Lipinski definition) is 0. The first-order chi connectivity index (χ1) is 26.6. The van der Waals surface area contributed by atoms with E-state index in [4.69, 9.17) is 0 Å². The minimum absolute atomic E-state index is 0.0484. The van der Waals surface area contributed by atoms with Gasteiger partial charge in [-0.3, -0.25) is 0 Å². The van der Waals surface area contributed by atoms with Crippen molar-refractivity contribution in [2.75, 3.05) is 0 Å². The Kier molecular flexibility index (Phi) is 8.12. The van der Waals surface area contributed by atoms with Crippen molar-refractivity contribution in [3.8, 4) is 39.2 Å². The van der Waals surface area contributed by atoms with Crippen LogP contribution in [0, 0.1) is 27.7 Å². The van der Waals surface area contributed by atoms with E-state index in [0.717, 1.165) is 5.69 Å². The predicted octanol–water partition coefficient (Wildman–Crippen LogP) is 12.2. The zero-order chi connectivity index (χ0) is 39.3. The molecule has 9 rings (SSSR count). The summed E-state index contributed by atoms with van der Waals surface area (Å²) in [6.07, 6.45) is 2.59. The maximum absolute atomic E-state index is 2.66. The van der Waals surface area contributed by atoms with E-state index in [0.29, 0.717) is 0 Å². The van der Waals surface area contributed by atoms with Gasteiger partial charge in [-0.05, 0) is 89.6 Å². The predicted molar refractivity (Wildman–Crippen MR) is 237 cm³/mol. The van der Waals surface area contributed by atoms with Crippen LogP contribution in [0.5, 0.6) is 0 Å². The monoisotopic (exact) mass is 729 g/mol. The molecule has 7 aromatic rings. The number of rotatable bonds is 4. The molecule has 1 aliphatic carbocycles. The fourth-order valence-electron chi connectivity index (χ4n) is 9.66. The quantitative estimate of drug-likeness (QED) is 0.159. The van der Waals surface area contributed by atoms with E-state index in [1.165, 1.54) is 94.4 Å². The van der Waals surface area contributed by atoms with Gasteiger partial charge in [-0.25, -0.2) is 0 Å².